The van der Waals surface area contributed by atoms with E-state index >= 15 is 0 Å². The molecule has 6 nitrogen and oxygen atoms in total. The number of rotatable bonds is 5. The number of nitrogens with one attached hydrogen (secondary N) is 1. The third-order valence-corrected chi connectivity index (χ3v) is 4.12. The maximum atomic E-state index is 11.1. The summed E-state index contributed by atoms with van der Waals surface area (Å²) in [5.41, 5.74) is -0.180. The fourth-order valence-electron chi connectivity index (χ4n) is 3.07. The fraction of sp³-hybridized carbons (Fsp3) is 0.600. The molecule has 21 heavy (non-hydrogen) atoms. The van der Waals surface area contributed by atoms with Crippen molar-refractivity contribution in [1.29, 1.82) is 5.26 Å². The van der Waals surface area contributed by atoms with Crippen LogP contribution in [0, 0.1) is 33.3 Å². The molecule has 1 heterocycles. The lowest BCUT2D eigenvalue weighted by Crippen LogP contribution is -2.17. The van der Waals surface area contributed by atoms with E-state index in [4.69, 9.17) is 5.26 Å². The summed E-state index contributed by atoms with van der Waals surface area (Å²) in [6.07, 6.45) is 7.46. The van der Waals surface area contributed by atoms with Crippen molar-refractivity contribution in [1.82, 2.24) is 4.98 Å². The quantitative estimate of drug-likeness (QED) is 0.661. The molecule has 0 radical (unpaired) electrons. The number of nitro groups is 1. The van der Waals surface area contributed by atoms with Gasteiger partial charge in [-0.1, -0.05) is 26.2 Å². The normalized spacial score (nSPS) is 21.5. The van der Waals surface area contributed by atoms with E-state index in [2.05, 4.69) is 17.2 Å². The van der Waals surface area contributed by atoms with Crippen molar-refractivity contribution in [2.45, 2.75) is 39.0 Å². The molecule has 2 unspecified atom stereocenters. The number of hydrogen-bond acceptors (Lipinski definition) is 5. The summed E-state index contributed by atoms with van der Waals surface area (Å²) in [6.45, 7) is 2.93. The van der Waals surface area contributed by atoms with E-state index in [0.29, 0.717) is 12.5 Å². The van der Waals surface area contributed by atoms with Gasteiger partial charge in [0.05, 0.1) is 4.92 Å². The minimum absolute atomic E-state index is 0.0452. The van der Waals surface area contributed by atoms with E-state index < -0.39 is 4.92 Å². The van der Waals surface area contributed by atoms with Gasteiger partial charge in [-0.3, -0.25) is 10.1 Å². The second kappa shape index (κ2) is 7.02. The van der Waals surface area contributed by atoms with Crippen LogP contribution in [-0.4, -0.2) is 16.5 Å². The predicted octanol–water partition coefficient (Wildman–Crippen LogP) is 3.49. The van der Waals surface area contributed by atoms with Gasteiger partial charge in [-0.05, 0) is 30.7 Å². The maximum Gasteiger partial charge on any atom is 0.328 e. The minimum Gasteiger partial charge on any atom is -0.364 e. The Bertz CT molecular complexity index is 553. The molecule has 1 fully saturated rings. The zero-order valence-corrected chi connectivity index (χ0v) is 12.2. The molecule has 0 saturated heterocycles. The third-order valence-electron chi connectivity index (χ3n) is 4.12. The number of hydrogen-bond donors (Lipinski definition) is 1. The lowest BCUT2D eigenvalue weighted by atomic mass is 9.81. The van der Waals surface area contributed by atoms with Gasteiger partial charge < -0.3 is 5.32 Å². The first-order valence-corrected chi connectivity index (χ1v) is 7.39. The molecule has 1 N–H and O–H groups in total. The summed E-state index contributed by atoms with van der Waals surface area (Å²) in [5.74, 6) is 1.65. The Labute approximate surface area is 124 Å². The standard InChI is InChI=1S/C15H20N4O2/c1-11-3-2-4-12(9-11)5-7-17-15-14(19(20)21)13(10-16)6-8-18-15/h6,8,11-12H,2-5,7,9H2,1H3,(H,17,18). The van der Waals surface area contributed by atoms with Crippen molar-refractivity contribution in [3.63, 3.8) is 0 Å². The number of pyridine rings is 1. The molecule has 112 valence electrons. The van der Waals surface area contributed by atoms with Gasteiger partial charge in [0.25, 0.3) is 0 Å². The summed E-state index contributed by atoms with van der Waals surface area (Å²) in [5, 5.41) is 23.1. The van der Waals surface area contributed by atoms with E-state index in [1.807, 2.05) is 6.07 Å². The summed E-state index contributed by atoms with van der Waals surface area (Å²) < 4.78 is 0. The van der Waals surface area contributed by atoms with Crippen molar-refractivity contribution in [3.8, 4) is 6.07 Å². The van der Waals surface area contributed by atoms with Crippen molar-refractivity contribution < 1.29 is 4.92 Å². The Balaban J connectivity index is 1.97. The molecule has 1 aliphatic rings. The average molecular weight is 288 g/mol. The molecule has 0 amide bonds. The Hall–Kier alpha value is -2.16. The van der Waals surface area contributed by atoms with E-state index in [-0.39, 0.29) is 17.1 Å². The summed E-state index contributed by atoms with van der Waals surface area (Å²) >= 11 is 0. The van der Waals surface area contributed by atoms with Crippen LogP contribution in [0.5, 0.6) is 0 Å². The molecule has 0 aromatic carbocycles. The highest BCUT2D eigenvalue weighted by atomic mass is 16.6. The number of nitrogens with zero attached hydrogens (tertiary/aromatic N) is 3. The first-order valence-electron chi connectivity index (χ1n) is 7.39. The van der Waals surface area contributed by atoms with Gasteiger partial charge in [0.15, 0.2) is 0 Å². The highest BCUT2D eigenvalue weighted by Crippen LogP contribution is 2.31. The average Bonchev–Trinajstić information content (AvgIpc) is 2.46. The largest absolute Gasteiger partial charge is 0.364 e. The lowest BCUT2D eigenvalue weighted by molar-refractivity contribution is -0.384. The Morgan fingerprint density at radius 3 is 3.05 bits per heavy atom. The van der Waals surface area contributed by atoms with Crippen molar-refractivity contribution >= 4 is 11.5 Å². The van der Waals surface area contributed by atoms with Gasteiger partial charge in [-0.25, -0.2) is 4.98 Å². The van der Waals surface area contributed by atoms with E-state index in [1.54, 1.807) is 0 Å². The first-order chi connectivity index (χ1) is 10.1. The highest BCUT2D eigenvalue weighted by molar-refractivity contribution is 5.63. The Morgan fingerprint density at radius 2 is 2.38 bits per heavy atom. The fourth-order valence-corrected chi connectivity index (χ4v) is 3.07. The van der Waals surface area contributed by atoms with Gasteiger partial charge in [0, 0.05) is 12.7 Å². The zero-order chi connectivity index (χ0) is 15.2. The molecule has 6 heteroatoms. The molecular formula is C15H20N4O2. The van der Waals surface area contributed by atoms with Crippen LogP contribution in [0.4, 0.5) is 11.5 Å². The van der Waals surface area contributed by atoms with Gasteiger partial charge in [-0.2, -0.15) is 5.26 Å². The molecule has 1 saturated carbocycles. The highest BCUT2D eigenvalue weighted by Gasteiger charge is 2.22. The van der Waals surface area contributed by atoms with Crippen LogP contribution in [0.15, 0.2) is 12.3 Å². The SMILES string of the molecule is CC1CCCC(CCNc2nccc(C#N)c2[N+](=O)[O-])C1. The van der Waals surface area contributed by atoms with Crippen molar-refractivity contribution in [3.05, 3.63) is 27.9 Å². The number of nitriles is 1. The lowest BCUT2D eigenvalue weighted by Gasteiger charge is -2.26. The Morgan fingerprint density at radius 1 is 1.57 bits per heavy atom. The topological polar surface area (TPSA) is 91.8 Å². The molecule has 2 rings (SSSR count). The zero-order valence-electron chi connectivity index (χ0n) is 12.2. The van der Waals surface area contributed by atoms with Crippen molar-refractivity contribution in [2.75, 3.05) is 11.9 Å². The second-order valence-corrected chi connectivity index (χ2v) is 5.78. The molecular weight excluding hydrogens is 268 g/mol. The number of aromatic nitrogens is 1. The monoisotopic (exact) mass is 288 g/mol. The van der Waals surface area contributed by atoms with Gasteiger partial charge in [-0.15, -0.1) is 0 Å². The van der Waals surface area contributed by atoms with Gasteiger partial charge >= 0.3 is 5.69 Å². The number of anilines is 1. The summed E-state index contributed by atoms with van der Waals surface area (Å²) in [7, 11) is 0. The third kappa shape index (κ3) is 3.91. The molecule has 1 aromatic heterocycles. The summed E-state index contributed by atoms with van der Waals surface area (Å²) in [4.78, 5) is 14.5. The summed E-state index contributed by atoms with van der Waals surface area (Å²) in [6, 6.07) is 3.21. The van der Waals surface area contributed by atoms with Crippen LogP contribution in [0.2, 0.25) is 0 Å². The molecule has 0 bridgehead atoms. The van der Waals surface area contributed by atoms with E-state index in [0.717, 1.165) is 12.3 Å². The van der Waals surface area contributed by atoms with Crippen LogP contribution in [-0.2, 0) is 0 Å². The van der Waals surface area contributed by atoms with Gasteiger partial charge in [0.2, 0.25) is 5.82 Å². The maximum absolute atomic E-state index is 11.1. The molecule has 0 aliphatic heterocycles. The van der Waals surface area contributed by atoms with E-state index in [1.165, 1.54) is 37.9 Å². The first kappa shape index (κ1) is 15.2. The van der Waals surface area contributed by atoms with Crippen LogP contribution in [0.1, 0.15) is 44.6 Å². The van der Waals surface area contributed by atoms with E-state index in [9.17, 15) is 10.1 Å². The Kier molecular flexibility index (Phi) is 5.09. The smallest absolute Gasteiger partial charge is 0.328 e. The molecule has 0 spiro atoms. The van der Waals surface area contributed by atoms with Gasteiger partial charge in [0.1, 0.15) is 11.6 Å². The predicted molar refractivity (Wildman–Crippen MR) is 79.8 cm³/mol. The van der Waals surface area contributed by atoms with Crippen LogP contribution >= 0.6 is 0 Å². The van der Waals surface area contributed by atoms with Crippen LogP contribution in [0.25, 0.3) is 0 Å². The second-order valence-electron chi connectivity index (χ2n) is 5.78. The molecule has 1 aromatic rings. The molecule has 2 atom stereocenters. The van der Waals surface area contributed by atoms with Crippen molar-refractivity contribution in [2.24, 2.45) is 11.8 Å². The van der Waals surface area contributed by atoms with Crippen LogP contribution in [0.3, 0.4) is 0 Å². The minimum atomic E-state index is -0.545. The molecule has 1 aliphatic carbocycles. The van der Waals surface area contributed by atoms with Crippen LogP contribution < -0.4 is 5.32 Å².